The van der Waals surface area contributed by atoms with Crippen molar-refractivity contribution in [3.05, 3.63) is 24.3 Å². The van der Waals surface area contributed by atoms with Crippen molar-refractivity contribution in [1.82, 2.24) is 0 Å². The summed E-state index contributed by atoms with van der Waals surface area (Å²) >= 11 is 2.11. The van der Waals surface area contributed by atoms with Gasteiger partial charge in [0.25, 0.3) is 0 Å². The van der Waals surface area contributed by atoms with Crippen molar-refractivity contribution in [2.45, 2.75) is 80.9 Å². The first-order valence-corrected chi connectivity index (χ1v) is 9.75. The van der Waals surface area contributed by atoms with Gasteiger partial charge in [-0.25, -0.2) is 0 Å². The number of rotatable bonds is 5. The lowest BCUT2D eigenvalue weighted by atomic mass is 9.84. The summed E-state index contributed by atoms with van der Waals surface area (Å²) in [6.07, 6.45) is 12.5. The van der Waals surface area contributed by atoms with E-state index in [-0.39, 0.29) is 0 Å². The molecule has 0 aliphatic heterocycles. The Bertz CT molecular complexity index is 431. The Hall–Kier alpha value is -0.630. The Morgan fingerprint density at radius 2 is 1.71 bits per heavy atom. The lowest BCUT2D eigenvalue weighted by Gasteiger charge is -2.30. The van der Waals surface area contributed by atoms with Crippen molar-refractivity contribution in [1.29, 1.82) is 0 Å². The molecule has 0 aromatic heterocycles. The van der Waals surface area contributed by atoms with Gasteiger partial charge in [-0.1, -0.05) is 38.3 Å². The zero-order valence-electron chi connectivity index (χ0n) is 13.3. The smallest absolute Gasteiger partial charge is 0.0480 e. The summed E-state index contributed by atoms with van der Waals surface area (Å²) in [5.41, 5.74) is 1.38. The van der Waals surface area contributed by atoms with E-state index in [1.54, 1.807) is 0 Å². The van der Waals surface area contributed by atoms with Gasteiger partial charge < -0.3 is 5.32 Å². The van der Waals surface area contributed by atoms with Crippen molar-refractivity contribution < 1.29 is 0 Å². The summed E-state index contributed by atoms with van der Waals surface area (Å²) in [4.78, 5) is 1.47. The molecule has 0 spiro atoms. The molecule has 2 aliphatic carbocycles. The van der Waals surface area contributed by atoms with Crippen molar-refractivity contribution in [3.63, 3.8) is 0 Å². The molecule has 0 heterocycles. The third-order valence-electron chi connectivity index (χ3n) is 5.27. The SMILES string of the molecule is CCC1CCC(Nc2ccccc2SC2CCCC2)CC1. The molecule has 1 N–H and O–H groups in total. The van der Waals surface area contributed by atoms with Crippen molar-refractivity contribution in [2.24, 2.45) is 5.92 Å². The number of hydrogen-bond donors (Lipinski definition) is 1. The van der Waals surface area contributed by atoms with Gasteiger partial charge in [-0.2, -0.15) is 0 Å². The topological polar surface area (TPSA) is 12.0 Å². The number of anilines is 1. The quantitative estimate of drug-likeness (QED) is 0.705. The van der Waals surface area contributed by atoms with Crippen molar-refractivity contribution in [2.75, 3.05) is 5.32 Å². The van der Waals surface area contributed by atoms with E-state index in [1.165, 1.54) is 68.4 Å². The maximum Gasteiger partial charge on any atom is 0.0480 e. The first-order valence-electron chi connectivity index (χ1n) is 8.87. The number of nitrogens with one attached hydrogen (secondary N) is 1. The van der Waals surface area contributed by atoms with Gasteiger partial charge in [-0.15, -0.1) is 11.8 Å². The minimum Gasteiger partial charge on any atom is -0.381 e. The average Bonchev–Trinajstić information content (AvgIpc) is 3.03. The summed E-state index contributed by atoms with van der Waals surface area (Å²) in [5.74, 6) is 0.978. The van der Waals surface area contributed by atoms with Gasteiger partial charge in [0, 0.05) is 21.9 Å². The van der Waals surface area contributed by atoms with Crippen LogP contribution in [0.5, 0.6) is 0 Å². The molecule has 0 amide bonds. The van der Waals surface area contributed by atoms with Gasteiger partial charge >= 0.3 is 0 Å². The summed E-state index contributed by atoms with van der Waals surface area (Å²) in [5, 5.41) is 4.70. The molecule has 0 atom stereocenters. The third kappa shape index (κ3) is 4.18. The largest absolute Gasteiger partial charge is 0.381 e. The fourth-order valence-corrected chi connectivity index (χ4v) is 5.15. The predicted octanol–water partition coefficient (Wildman–Crippen LogP) is 6.10. The molecule has 2 aliphatic rings. The van der Waals surface area contributed by atoms with E-state index < -0.39 is 0 Å². The Morgan fingerprint density at radius 3 is 2.43 bits per heavy atom. The van der Waals surface area contributed by atoms with Gasteiger partial charge in [0.1, 0.15) is 0 Å². The lowest BCUT2D eigenvalue weighted by Crippen LogP contribution is -2.26. The minimum atomic E-state index is 0.693. The summed E-state index contributed by atoms with van der Waals surface area (Å²) < 4.78 is 0. The van der Waals surface area contributed by atoms with Crippen molar-refractivity contribution in [3.8, 4) is 0 Å². The molecule has 0 saturated heterocycles. The average molecular weight is 304 g/mol. The van der Waals surface area contributed by atoms with E-state index in [2.05, 4.69) is 48.3 Å². The maximum atomic E-state index is 3.85. The molecule has 2 heteroatoms. The standard InChI is InChI=1S/C19H29NS/c1-2-15-11-13-16(14-12-15)20-18-9-5-6-10-19(18)21-17-7-3-4-8-17/h5-6,9-10,15-17,20H,2-4,7-8,11-14H2,1H3. The first kappa shape index (κ1) is 15.3. The first-order chi connectivity index (χ1) is 10.3. The van der Waals surface area contributed by atoms with Crippen molar-refractivity contribution >= 4 is 17.4 Å². The van der Waals surface area contributed by atoms with Gasteiger partial charge in [-0.3, -0.25) is 0 Å². The van der Waals surface area contributed by atoms with Crippen LogP contribution in [0.1, 0.15) is 64.7 Å². The molecule has 1 nitrogen and oxygen atoms in total. The third-order valence-corrected chi connectivity index (χ3v) is 6.68. The summed E-state index contributed by atoms with van der Waals surface area (Å²) in [7, 11) is 0. The number of thioether (sulfide) groups is 1. The molecule has 21 heavy (non-hydrogen) atoms. The van der Waals surface area contributed by atoms with E-state index in [4.69, 9.17) is 0 Å². The summed E-state index contributed by atoms with van der Waals surface area (Å²) in [6.45, 7) is 2.34. The normalized spacial score (nSPS) is 26.9. The highest BCUT2D eigenvalue weighted by atomic mass is 32.2. The molecule has 0 bridgehead atoms. The van der Waals surface area contributed by atoms with Gasteiger partial charge in [0.15, 0.2) is 0 Å². The highest BCUT2D eigenvalue weighted by Gasteiger charge is 2.21. The zero-order valence-corrected chi connectivity index (χ0v) is 14.1. The van der Waals surface area contributed by atoms with E-state index in [0.717, 1.165) is 11.2 Å². The predicted molar refractivity (Wildman–Crippen MR) is 94.2 cm³/mol. The molecule has 3 rings (SSSR count). The molecular weight excluding hydrogens is 274 g/mol. The molecule has 1 aromatic carbocycles. The second-order valence-electron chi connectivity index (χ2n) is 6.79. The van der Waals surface area contributed by atoms with Gasteiger partial charge in [0.2, 0.25) is 0 Å². The van der Waals surface area contributed by atoms with E-state index in [0.29, 0.717) is 6.04 Å². The van der Waals surface area contributed by atoms with Gasteiger partial charge in [0.05, 0.1) is 0 Å². The van der Waals surface area contributed by atoms with Gasteiger partial charge in [-0.05, 0) is 56.6 Å². The fourth-order valence-electron chi connectivity index (χ4n) is 3.81. The maximum absolute atomic E-state index is 3.85. The molecule has 116 valence electrons. The molecule has 1 aromatic rings. The van der Waals surface area contributed by atoms with Crippen LogP contribution in [-0.4, -0.2) is 11.3 Å². The molecule has 0 unspecified atom stereocenters. The monoisotopic (exact) mass is 303 g/mol. The van der Waals surface area contributed by atoms with Crippen LogP contribution in [0.15, 0.2) is 29.2 Å². The molecule has 2 saturated carbocycles. The zero-order chi connectivity index (χ0) is 14.5. The van der Waals surface area contributed by atoms with Crippen LogP contribution in [0.2, 0.25) is 0 Å². The minimum absolute atomic E-state index is 0.693. The van der Waals surface area contributed by atoms with E-state index in [9.17, 15) is 0 Å². The number of hydrogen-bond acceptors (Lipinski definition) is 2. The lowest BCUT2D eigenvalue weighted by molar-refractivity contribution is 0.330. The van der Waals surface area contributed by atoms with E-state index >= 15 is 0 Å². The van der Waals surface area contributed by atoms with Crippen LogP contribution < -0.4 is 5.32 Å². The Morgan fingerprint density at radius 1 is 1.00 bits per heavy atom. The Balaban J connectivity index is 1.59. The number of benzene rings is 1. The molecular formula is C19H29NS. The van der Waals surface area contributed by atoms with Crippen LogP contribution >= 0.6 is 11.8 Å². The van der Waals surface area contributed by atoms with E-state index in [1.807, 2.05) is 0 Å². The van der Waals surface area contributed by atoms with Crippen LogP contribution in [0.25, 0.3) is 0 Å². The van der Waals surface area contributed by atoms with Crippen LogP contribution in [-0.2, 0) is 0 Å². The Labute approximate surface area is 134 Å². The Kier molecular flexibility index (Phi) is 5.51. The van der Waals surface area contributed by atoms with Crippen LogP contribution in [0.4, 0.5) is 5.69 Å². The highest BCUT2D eigenvalue weighted by molar-refractivity contribution is 8.00. The number of para-hydroxylation sites is 1. The van der Waals surface area contributed by atoms with Crippen LogP contribution in [0, 0.1) is 5.92 Å². The summed E-state index contributed by atoms with van der Waals surface area (Å²) in [6, 6.07) is 9.65. The highest BCUT2D eigenvalue weighted by Crippen LogP contribution is 2.39. The van der Waals surface area contributed by atoms with Crippen LogP contribution in [0.3, 0.4) is 0 Å². The fraction of sp³-hybridized carbons (Fsp3) is 0.684. The second-order valence-corrected chi connectivity index (χ2v) is 8.13. The molecule has 2 fully saturated rings. The second kappa shape index (κ2) is 7.58. The molecule has 0 radical (unpaired) electrons.